The van der Waals surface area contributed by atoms with Crippen molar-refractivity contribution < 1.29 is 23.8 Å². The summed E-state index contributed by atoms with van der Waals surface area (Å²) >= 11 is 0. The van der Waals surface area contributed by atoms with Crippen molar-refractivity contribution in [2.45, 2.75) is 51.5 Å². The van der Waals surface area contributed by atoms with Gasteiger partial charge < -0.3 is 19.0 Å². The third-order valence-corrected chi connectivity index (χ3v) is 12.4. The largest absolute Gasteiger partial charge is 0.472 e. The zero-order valence-corrected chi connectivity index (χ0v) is 21.0. The first-order valence-corrected chi connectivity index (χ1v) is 13.5. The van der Waals surface area contributed by atoms with E-state index in [0.717, 1.165) is 0 Å². The van der Waals surface area contributed by atoms with Crippen LogP contribution in [0.1, 0.15) is 34.1 Å². The molecule has 0 radical (unpaired) electrons. The monoisotopic (exact) mass is 466 g/mol. The minimum atomic E-state index is -2.76. The van der Waals surface area contributed by atoms with Crippen LogP contribution < -0.4 is 10.4 Å². The topological polar surface area (TPSA) is 65.0 Å². The molecule has 1 saturated carbocycles. The molecule has 0 saturated heterocycles. The molecule has 1 fully saturated rings. The van der Waals surface area contributed by atoms with Gasteiger partial charge in [0.15, 0.2) is 6.29 Å². The van der Waals surface area contributed by atoms with Gasteiger partial charge in [-0.15, -0.1) is 0 Å². The lowest BCUT2D eigenvalue weighted by Crippen LogP contribution is -2.68. The predicted molar refractivity (Wildman–Crippen MR) is 130 cm³/mol. The number of fused-ring (bicyclic) bond motifs is 1. The van der Waals surface area contributed by atoms with Gasteiger partial charge in [-0.2, -0.15) is 0 Å². The summed E-state index contributed by atoms with van der Waals surface area (Å²) in [5, 5.41) is 12.9. The van der Waals surface area contributed by atoms with Crippen molar-refractivity contribution in [2.24, 2.45) is 17.8 Å². The van der Waals surface area contributed by atoms with E-state index in [-0.39, 0.29) is 28.9 Å². The lowest BCUT2D eigenvalue weighted by atomic mass is 9.83. The summed E-state index contributed by atoms with van der Waals surface area (Å²) in [6, 6.07) is 21.1. The standard InChI is InChI=1S/C27H34O5Si/c1-18-23(16-21-22(25(28)30-5)17-31-26(29)24(18)21)32-33(27(2,3)4,19-12-8-6-9-13-19)20-14-10-7-11-15-20/h6-15,17-18,21,23-24,26,29H,16H2,1-5H3/t18-,21+,23-,24+,26+/m1/s1. The van der Waals surface area contributed by atoms with Crippen molar-refractivity contribution in [2.75, 3.05) is 7.11 Å². The van der Waals surface area contributed by atoms with Crippen molar-refractivity contribution in [3.8, 4) is 0 Å². The highest BCUT2D eigenvalue weighted by Gasteiger charge is 2.56. The van der Waals surface area contributed by atoms with Gasteiger partial charge in [-0.3, -0.25) is 0 Å². The van der Waals surface area contributed by atoms with Gasteiger partial charge in [0.2, 0.25) is 0 Å². The minimum absolute atomic E-state index is 0.00000520. The third-order valence-electron chi connectivity index (χ3n) is 7.37. The second-order valence-corrected chi connectivity index (χ2v) is 14.4. The Morgan fingerprint density at radius 1 is 1.03 bits per heavy atom. The highest BCUT2D eigenvalue weighted by atomic mass is 28.4. The van der Waals surface area contributed by atoms with Crippen LogP contribution in [0.3, 0.4) is 0 Å². The summed E-state index contributed by atoms with van der Waals surface area (Å²) in [4.78, 5) is 12.4. The van der Waals surface area contributed by atoms with Crippen LogP contribution in [0, 0.1) is 17.8 Å². The summed E-state index contributed by atoms with van der Waals surface area (Å²) in [7, 11) is -1.39. The van der Waals surface area contributed by atoms with Crippen LogP contribution >= 0.6 is 0 Å². The molecule has 33 heavy (non-hydrogen) atoms. The van der Waals surface area contributed by atoms with Crippen molar-refractivity contribution in [3.63, 3.8) is 0 Å². The van der Waals surface area contributed by atoms with Crippen LogP contribution in [-0.4, -0.2) is 38.9 Å². The number of carbonyl (C=O) groups excluding carboxylic acids is 1. The fourth-order valence-electron chi connectivity index (χ4n) is 5.74. The summed E-state index contributed by atoms with van der Waals surface area (Å²) in [5.74, 6) is -0.804. The SMILES string of the molecule is COC(=O)C1=CO[C@H](O)[C@H]2[C@H](C)[C@H](O[Si](c3ccccc3)(c3ccccc3)C(C)(C)C)C[C@@H]12. The molecule has 5 nitrogen and oxygen atoms in total. The highest BCUT2D eigenvalue weighted by molar-refractivity contribution is 6.99. The number of esters is 1. The maximum atomic E-state index is 12.4. The molecule has 2 aromatic rings. The first-order chi connectivity index (χ1) is 15.7. The molecule has 1 N–H and O–H groups in total. The summed E-state index contributed by atoms with van der Waals surface area (Å²) in [5.41, 5.74) is 0.480. The molecule has 5 atom stereocenters. The fraction of sp³-hybridized carbons (Fsp3) is 0.444. The number of ether oxygens (including phenoxy) is 2. The number of hydrogen-bond acceptors (Lipinski definition) is 5. The van der Waals surface area contributed by atoms with Gasteiger partial charge >= 0.3 is 5.97 Å². The van der Waals surface area contributed by atoms with E-state index in [9.17, 15) is 9.90 Å². The molecule has 1 aliphatic heterocycles. The molecule has 2 aromatic carbocycles. The molecule has 0 bridgehead atoms. The van der Waals surface area contributed by atoms with Gasteiger partial charge in [-0.05, 0) is 27.8 Å². The number of rotatable bonds is 5. The average Bonchev–Trinajstić information content (AvgIpc) is 3.14. The maximum Gasteiger partial charge on any atom is 0.337 e. The highest BCUT2D eigenvalue weighted by Crippen LogP contribution is 2.49. The average molecular weight is 467 g/mol. The molecule has 176 valence electrons. The van der Waals surface area contributed by atoms with E-state index in [1.54, 1.807) is 0 Å². The van der Waals surface area contributed by atoms with Crippen molar-refractivity contribution in [3.05, 3.63) is 72.5 Å². The van der Waals surface area contributed by atoms with E-state index >= 15 is 0 Å². The molecule has 0 aromatic heterocycles. The van der Waals surface area contributed by atoms with Crippen molar-refractivity contribution in [1.82, 2.24) is 0 Å². The van der Waals surface area contributed by atoms with Crippen LogP contribution in [0.25, 0.3) is 0 Å². The quantitative estimate of drug-likeness (QED) is 0.539. The molecule has 0 unspecified atom stereocenters. The normalized spacial score (nSPS) is 27.3. The van der Waals surface area contributed by atoms with E-state index in [1.807, 2.05) is 12.1 Å². The molecule has 1 aliphatic carbocycles. The van der Waals surface area contributed by atoms with Crippen LogP contribution in [0.4, 0.5) is 0 Å². The van der Waals surface area contributed by atoms with Gasteiger partial charge in [0.1, 0.15) is 0 Å². The fourth-order valence-corrected chi connectivity index (χ4v) is 10.5. The van der Waals surface area contributed by atoms with E-state index < -0.39 is 20.6 Å². The molecular formula is C27H34O5Si. The predicted octanol–water partition coefficient (Wildman–Crippen LogP) is 3.61. The van der Waals surface area contributed by atoms with Gasteiger partial charge in [-0.25, -0.2) is 4.79 Å². The summed E-state index contributed by atoms with van der Waals surface area (Å²) < 4.78 is 17.8. The Balaban J connectivity index is 1.79. The van der Waals surface area contributed by atoms with Crippen molar-refractivity contribution >= 4 is 24.7 Å². The Labute approximate surface area is 197 Å². The van der Waals surface area contributed by atoms with Gasteiger partial charge in [0, 0.05) is 17.9 Å². The van der Waals surface area contributed by atoms with E-state index in [1.165, 1.54) is 23.7 Å². The number of benzene rings is 2. The second-order valence-electron chi connectivity index (χ2n) is 10.2. The maximum absolute atomic E-state index is 12.4. The first kappa shape index (κ1) is 23.7. The molecule has 4 rings (SSSR count). The summed E-state index contributed by atoms with van der Waals surface area (Å²) in [6.45, 7) is 8.86. The first-order valence-electron chi connectivity index (χ1n) is 11.6. The Kier molecular flexibility index (Phi) is 6.53. The Morgan fingerprint density at radius 2 is 1.58 bits per heavy atom. The number of methoxy groups -OCH3 is 1. The molecular weight excluding hydrogens is 432 g/mol. The van der Waals surface area contributed by atoms with E-state index in [0.29, 0.717) is 12.0 Å². The van der Waals surface area contributed by atoms with Gasteiger partial charge in [-0.1, -0.05) is 88.4 Å². The Morgan fingerprint density at radius 3 is 2.06 bits per heavy atom. The minimum Gasteiger partial charge on any atom is -0.472 e. The number of aliphatic hydroxyl groups is 1. The zero-order valence-electron chi connectivity index (χ0n) is 20.0. The zero-order chi connectivity index (χ0) is 23.8. The van der Waals surface area contributed by atoms with E-state index in [4.69, 9.17) is 13.9 Å². The lowest BCUT2D eigenvalue weighted by molar-refractivity contribution is -0.145. The van der Waals surface area contributed by atoms with Gasteiger partial charge in [0.05, 0.1) is 18.9 Å². The molecule has 0 spiro atoms. The molecule has 6 heteroatoms. The second kappa shape index (κ2) is 9.09. The Bertz CT molecular complexity index is 959. The van der Waals surface area contributed by atoms with Crippen LogP contribution in [0.15, 0.2) is 72.5 Å². The smallest absolute Gasteiger partial charge is 0.337 e. The van der Waals surface area contributed by atoms with Crippen LogP contribution in [0.5, 0.6) is 0 Å². The molecule has 0 amide bonds. The number of aliphatic hydroxyl groups excluding tert-OH is 1. The number of carbonyl (C=O) groups is 1. The Hall–Kier alpha value is -2.41. The molecule has 1 heterocycles. The van der Waals surface area contributed by atoms with E-state index in [2.05, 4.69) is 76.2 Å². The van der Waals surface area contributed by atoms with Crippen LogP contribution in [-0.2, 0) is 18.7 Å². The van der Waals surface area contributed by atoms with Crippen molar-refractivity contribution in [1.29, 1.82) is 0 Å². The van der Waals surface area contributed by atoms with Crippen LogP contribution in [0.2, 0.25) is 5.04 Å². The number of hydrogen-bond donors (Lipinski definition) is 1. The third kappa shape index (κ3) is 4.05. The van der Waals surface area contributed by atoms with Gasteiger partial charge in [0.25, 0.3) is 8.32 Å². The molecule has 2 aliphatic rings. The summed E-state index contributed by atoms with van der Waals surface area (Å²) in [6.07, 6.45) is 0.898. The lowest BCUT2D eigenvalue weighted by Gasteiger charge is -2.45.